The molecule has 0 bridgehead atoms. The van der Waals surface area contributed by atoms with Crippen LogP contribution in [0.5, 0.6) is 11.6 Å². The molecule has 0 radical (unpaired) electrons. The summed E-state index contributed by atoms with van der Waals surface area (Å²) in [4.78, 5) is 13.7. The van der Waals surface area contributed by atoms with Crippen LogP contribution in [-0.2, 0) is 5.88 Å². The Balaban J connectivity index is 2.29. The second kappa shape index (κ2) is 5.62. The van der Waals surface area contributed by atoms with Gasteiger partial charge in [-0.15, -0.1) is 11.6 Å². The Morgan fingerprint density at radius 2 is 2.21 bits per heavy atom. The first-order chi connectivity index (χ1) is 9.11. The summed E-state index contributed by atoms with van der Waals surface area (Å²) in [7, 11) is 0. The Kier molecular flexibility index (Phi) is 3.91. The van der Waals surface area contributed by atoms with Gasteiger partial charge in [0.1, 0.15) is 5.75 Å². The van der Waals surface area contributed by atoms with Crippen molar-refractivity contribution in [3.8, 4) is 11.6 Å². The number of nitro groups is 1. The van der Waals surface area contributed by atoms with Crippen molar-refractivity contribution in [2.45, 2.75) is 5.88 Å². The van der Waals surface area contributed by atoms with Crippen LogP contribution in [0.1, 0.15) is 5.56 Å². The van der Waals surface area contributed by atoms with Crippen LogP contribution in [-0.4, -0.2) is 9.91 Å². The van der Waals surface area contributed by atoms with Crippen molar-refractivity contribution >= 4 is 17.3 Å². The van der Waals surface area contributed by atoms with Gasteiger partial charge in [0.15, 0.2) is 0 Å². The van der Waals surface area contributed by atoms with Crippen molar-refractivity contribution in [1.82, 2.24) is 4.98 Å². The quantitative estimate of drug-likeness (QED) is 0.487. The molecule has 0 spiro atoms. The van der Waals surface area contributed by atoms with Crippen LogP contribution in [0.3, 0.4) is 0 Å². The molecule has 1 heterocycles. The molecule has 0 aliphatic heterocycles. The lowest BCUT2D eigenvalue weighted by Crippen LogP contribution is -1.95. The lowest BCUT2D eigenvalue weighted by Gasteiger charge is -2.07. The zero-order valence-corrected chi connectivity index (χ0v) is 10.3. The number of nitrogens with zero attached hydrogens (tertiary/aromatic N) is 2. The van der Waals surface area contributed by atoms with Crippen LogP contribution >= 0.6 is 11.6 Å². The average Bonchev–Trinajstić information content (AvgIpc) is 2.39. The highest BCUT2D eigenvalue weighted by atomic mass is 35.5. The summed E-state index contributed by atoms with van der Waals surface area (Å²) in [6.45, 7) is 0. The van der Waals surface area contributed by atoms with Gasteiger partial charge in [-0.25, -0.2) is 4.98 Å². The molecular formula is C12H8ClFN2O3. The molecule has 0 aliphatic carbocycles. The van der Waals surface area contributed by atoms with Crippen LogP contribution in [0.4, 0.5) is 10.1 Å². The van der Waals surface area contributed by atoms with E-state index in [1.54, 1.807) is 12.1 Å². The van der Waals surface area contributed by atoms with Crippen molar-refractivity contribution in [3.63, 3.8) is 0 Å². The van der Waals surface area contributed by atoms with Crippen molar-refractivity contribution in [3.05, 3.63) is 58.0 Å². The minimum atomic E-state index is -0.967. The van der Waals surface area contributed by atoms with Gasteiger partial charge in [0.25, 0.3) is 0 Å². The number of alkyl halides is 1. The van der Waals surface area contributed by atoms with Crippen molar-refractivity contribution in [1.29, 1.82) is 0 Å². The first-order valence-electron chi connectivity index (χ1n) is 5.23. The van der Waals surface area contributed by atoms with Crippen LogP contribution in [0.2, 0.25) is 0 Å². The summed E-state index contributed by atoms with van der Waals surface area (Å²) in [6.07, 6.45) is 1.51. The fourth-order valence-electron chi connectivity index (χ4n) is 1.43. The summed E-state index contributed by atoms with van der Waals surface area (Å²) in [5.41, 5.74) is 0.0360. The number of aromatic nitrogens is 1. The van der Waals surface area contributed by atoms with Crippen LogP contribution in [0.15, 0.2) is 36.5 Å². The molecule has 0 N–H and O–H groups in total. The summed E-state index contributed by atoms with van der Waals surface area (Å²) in [6, 6.07) is 6.69. The van der Waals surface area contributed by atoms with Gasteiger partial charge >= 0.3 is 5.69 Å². The van der Waals surface area contributed by atoms with Crippen LogP contribution in [0.25, 0.3) is 0 Å². The van der Waals surface area contributed by atoms with E-state index in [-0.39, 0.29) is 17.5 Å². The Bertz CT molecular complexity index is 622. The molecule has 1 aromatic carbocycles. The second-order valence-corrected chi connectivity index (χ2v) is 3.84. The van der Waals surface area contributed by atoms with E-state index in [9.17, 15) is 14.5 Å². The Morgan fingerprint density at radius 3 is 2.84 bits per heavy atom. The first kappa shape index (κ1) is 13.2. The highest BCUT2D eigenvalue weighted by molar-refractivity contribution is 6.17. The summed E-state index contributed by atoms with van der Waals surface area (Å²) in [5.74, 6) is -0.414. The van der Waals surface area contributed by atoms with E-state index in [2.05, 4.69) is 4.98 Å². The standard InChI is InChI=1S/C12H8ClFN2O3/c13-7-8-2-1-5-15-12(8)19-9-3-4-11(16(17)18)10(14)6-9/h1-6H,7H2. The summed E-state index contributed by atoms with van der Waals surface area (Å²) < 4.78 is 18.8. The van der Waals surface area contributed by atoms with E-state index in [1.165, 1.54) is 12.3 Å². The molecule has 7 heteroatoms. The molecule has 19 heavy (non-hydrogen) atoms. The highest BCUT2D eigenvalue weighted by Gasteiger charge is 2.15. The molecule has 0 aliphatic rings. The van der Waals surface area contributed by atoms with Gasteiger partial charge in [-0.05, 0) is 12.1 Å². The normalized spacial score (nSPS) is 10.2. The molecule has 0 saturated heterocycles. The monoisotopic (exact) mass is 282 g/mol. The number of pyridine rings is 1. The Labute approximate surface area is 112 Å². The number of rotatable bonds is 4. The molecule has 1 aromatic heterocycles. The van der Waals surface area contributed by atoms with E-state index in [4.69, 9.17) is 16.3 Å². The zero-order chi connectivity index (χ0) is 13.8. The van der Waals surface area contributed by atoms with Gasteiger partial charge in [-0.2, -0.15) is 4.39 Å². The minimum Gasteiger partial charge on any atom is -0.439 e. The largest absolute Gasteiger partial charge is 0.439 e. The van der Waals surface area contributed by atoms with E-state index in [0.717, 1.165) is 12.1 Å². The molecule has 0 fully saturated rings. The highest BCUT2D eigenvalue weighted by Crippen LogP contribution is 2.27. The smallest absolute Gasteiger partial charge is 0.305 e. The lowest BCUT2D eigenvalue weighted by atomic mass is 10.3. The minimum absolute atomic E-state index is 0.119. The summed E-state index contributed by atoms with van der Waals surface area (Å²) >= 11 is 5.71. The first-order valence-corrected chi connectivity index (χ1v) is 5.77. The third-order valence-electron chi connectivity index (χ3n) is 2.32. The van der Waals surface area contributed by atoms with Gasteiger partial charge in [-0.3, -0.25) is 10.1 Å². The maximum Gasteiger partial charge on any atom is 0.305 e. The maximum atomic E-state index is 13.4. The molecule has 2 aromatic rings. The number of benzene rings is 1. The van der Waals surface area contributed by atoms with Gasteiger partial charge in [0.2, 0.25) is 11.7 Å². The number of nitro benzene ring substituents is 1. The van der Waals surface area contributed by atoms with E-state index < -0.39 is 16.4 Å². The third-order valence-corrected chi connectivity index (χ3v) is 2.61. The number of hydrogen-bond donors (Lipinski definition) is 0. The molecule has 0 amide bonds. The zero-order valence-electron chi connectivity index (χ0n) is 9.55. The fourth-order valence-corrected chi connectivity index (χ4v) is 1.63. The van der Waals surface area contributed by atoms with E-state index in [0.29, 0.717) is 5.56 Å². The molecular weight excluding hydrogens is 275 g/mol. The van der Waals surface area contributed by atoms with Crippen molar-refractivity contribution in [2.24, 2.45) is 0 Å². The molecule has 5 nitrogen and oxygen atoms in total. The lowest BCUT2D eigenvalue weighted by molar-refractivity contribution is -0.387. The molecule has 0 unspecified atom stereocenters. The molecule has 98 valence electrons. The number of halogens is 2. The van der Waals surface area contributed by atoms with E-state index in [1.807, 2.05) is 0 Å². The van der Waals surface area contributed by atoms with Crippen LogP contribution < -0.4 is 4.74 Å². The van der Waals surface area contributed by atoms with Gasteiger partial charge in [0.05, 0.1) is 10.8 Å². The summed E-state index contributed by atoms with van der Waals surface area (Å²) in [5, 5.41) is 10.5. The SMILES string of the molecule is O=[N+]([O-])c1ccc(Oc2ncccc2CCl)cc1F. The fraction of sp³-hybridized carbons (Fsp3) is 0.0833. The van der Waals surface area contributed by atoms with Crippen LogP contribution in [0, 0.1) is 15.9 Å². The Morgan fingerprint density at radius 1 is 1.42 bits per heavy atom. The molecule has 2 rings (SSSR count). The Hall–Kier alpha value is -2.21. The number of hydrogen-bond acceptors (Lipinski definition) is 4. The molecule has 0 atom stereocenters. The number of ether oxygens (including phenoxy) is 1. The maximum absolute atomic E-state index is 13.4. The molecule has 0 saturated carbocycles. The van der Waals surface area contributed by atoms with Crippen molar-refractivity contribution < 1.29 is 14.1 Å². The topological polar surface area (TPSA) is 65.3 Å². The average molecular weight is 283 g/mol. The van der Waals surface area contributed by atoms with E-state index >= 15 is 0 Å². The third kappa shape index (κ3) is 2.97. The predicted molar refractivity (Wildman–Crippen MR) is 66.9 cm³/mol. The van der Waals surface area contributed by atoms with Gasteiger partial charge in [0, 0.05) is 23.9 Å². The van der Waals surface area contributed by atoms with Gasteiger partial charge in [-0.1, -0.05) is 6.07 Å². The van der Waals surface area contributed by atoms with Crippen molar-refractivity contribution in [2.75, 3.05) is 0 Å². The second-order valence-electron chi connectivity index (χ2n) is 3.57. The van der Waals surface area contributed by atoms with Gasteiger partial charge < -0.3 is 4.74 Å². The predicted octanol–water partition coefficient (Wildman–Crippen LogP) is 3.66.